The van der Waals surface area contributed by atoms with Crippen molar-refractivity contribution in [3.8, 4) is 0 Å². The molecule has 3 nitrogen and oxygen atoms in total. The minimum atomic E-state index is 0.767. The summed E-state index contributed by atoms with van der Waals surface area (Å²) in [4.78, 5) is 2.29. The van der Waals surface area contributed by atoms with Gasteiger partial charge in [-0.2, -0.15) is 5.10 Å². The second kappa shape index (κ2) is 6.26. The molecule has 0 fully saturated rings. The van der Waals surface area contributed by atoms with E-state index in [9.17, 15) is 0 Å². The second-order valence-electron chi connectivity index (χ2n) is 4.49. The van der Waals surface area contributed by atoms with Crippen molar-refractivity contribution in [3.05, 3.63) is 16.4 Å². The molecule has 0 aliphatic carbocycles. The third kappa shape index (κ3) is 3.49. The molecule has 0 spiro atoms. The molecular formula is C12H22ClN3. The lowest BCUT2D eigenvalue weighted by atomic mass is 10.0. The summed E-state index contributed by atoms with van der Waals surface area (Å²) in [6.07, 6.45) is 2.46. The van der Waals surface area contributed by atoms with Gasteiger partial charge >= 0.3 is 0 Å². The van der Waals surface area contributed by atoms with Crippen LogP contribution in [0.4, 0.5) is 0 Å². The number of hydrogen-bond donors (Lipinski definition) is 1. The van der Waals surface area contributed by atoms with Crippen molar-refractivity contribution in [2.45, 2.75) is 40.2 Å². The van der Waals surface area contributed by atoms with Crippen molar-refractivity contribution in [2.75, 3.05) is 13.6 Å². The van der Waals surface area contributed by atoms with Gasteiger partial charge in [0.05, 0.1) is 16.4 Å². The molecule has 1 rings (SSSR count). The van der Waals surface area contributed by atoms with Crippen LogP contribution < -0.4 is 0 Å². The van der Waals surface area contributed by atoms with Crippen LogP contribution in [0.25, 0.3) is 0 Å². The molecule has 92 valence electrons. The molecule has 1 aromatic heterocycles. The Morgan fingerprint density at radius 1 is 1.38 bits per heavy atom. The fraction of sp³-hybridized carbons (Fsp3) is 0.750. The first kappa shape index (κ1) is 13.5. The van der Waals surface area contributed by atoms with E-state index in [2.05, 4.69) is 36.0 Å². The molecular weight excluding hydrogens is 222 g/mol. The van der Waals surface area contributed by atoms with Crippen LogP contribution in [0.15, 0.2) is 0 Å². The van der Waals surface area contributed by atoms with Crippen molar-refractivity contribution >= 4 is 11.6 Å². The zero-order valence-electron chi connectivity index (χ0n) is 10.7. The Balaban J connectivity index is 2.51. The standard InChI is InChI=1S/C12H22ClN3/c1-5-10(6-2)7-16(4)8-11-12(13)9(3)14-15-11/h10H,5-8H2,1-4H3,(H,14,15). The molecule has 1 aromatic rings. The minimum absolute atomic E-state index is 0.767. The molecule has 16 heavy (non-hydrogen) atoms. The van der Waals surface area contributed by atoms with Crippen molar-refractivity contribution in [1.82, 2.24) is 15.1 Å². The largest absolute Gasteiger partial charge is 0.300 e. The highest BCUT2D eigenvalue weighted by Gasteiger charge is 2.12. The topological polar surface area (TPSA) is 31.9 Å². The fourth-order valence-corrected chi connectivity index (χ4v) is 2.02. The Bertz CT molecular complexity index is 318. The minimum Gasteiger partial charge on any atom is -0.300 e. The first-order valence-corrected chi connectivity index (χ1v) is 6.34. The molecule has 0 amide bonds. The molecule has 0 aromatic carbocycles. The van der Waals surface area contributed by atoms with Gasteiger partial charge in [0.15, 0.2) is 0 Å². The number of nitrogens with one attached hydrogen (secondary N) is 1. The van der Waals surface area contributed by atoms with Gasteiger partial charge < -0.3 is 4.90 Å². The molecule has 0 saturated heterocycles. The molecule has 0 bridgehead atoms. The number of halogens is 1. The predicted octanol–water partition coefficient (Wildman–Crippen LogP) is 3.24. The summed E-state index contributed by atoms with van der Waals surface area (Å²) in [5.74, 6) is 0.767. The SMILES string of the molecule is CCC(CC)CN(C)Cc1n[nH]c(C)c1Cl. The molecule has 4 heteroatoms. The summed E-state index contributed by atoms with van der Waals surface area (Å²) in [7, 11) is 2.12. The van der Waals surface area contributed by atoms with Gasteiger partial charge in [-0.05, 0) is 19.9 Å². The maximum Gasteiger partial charge on any atom is 0.0951 e. The summed E-state index contributed by atoms with van der Waals surface area (Å²) in [5, 5.41) is 7.91. The molecule has 1 heterocycles. The van der Waals surface area contributed by atoms with E-state index in [1.165, 1.54) is 12.8 Å². The number of aryl methyl sites for hydroxylation is 1. The van der Waals surface area contributed by atoms with Gasteiger partial charge in [0.1, 0.15) is 0 Å². The van der Waals surface area contributed by atoms with Gasteiger partial charge in [0.2, 0.25) is 0 Å². The maximum atomic E-state index is 6.14. The normalized spacial score (nSPS) is 11.7. The number of H-pyrrole nitrogens is 1. The molecule has 0 atom stereocenters. The van der Waals surface area contributed by atoms with Crippen LogP contribution in [-0.2, 0) is 6.54 Å². The molecule has 0 unspecified atom stereocenters. The lowest BCUT2D eigenvalue weighted by Gasteiger charge is -2.21. The third-order valence-corrected chi connectivity index (χ3v) is 3.59. The molecule has 0 aliphatic heterocycles. The first-order valence-electron chi connectivity index (χ1n) is 5.96. The number of rotatable bonds is 6. The Kier molecular flexibility index (Phi) is 5.29. The monoisotopic (exact) mass is 243 g/mol. The van der Waals surface area contributed by atoms with Crippen molar-refractivity contribution in [1.29, 1.82) is 0 Å². The summed E-state index contributed by atoms with van der Waals surface area (Å²) in [5.41, 5.74) is 1.90. The van der Waals surface area contributed by atoms with E-state index in [0.717, 1.165) is 35.4 Å². The Morgan fingerprint density at radius 3 is 2.44 bits per heavy atom. The second-order valence-corrected chi connectivity index (χ2v) is 4.87. The number of nitrogens with zero attached hydrogens (tertiary/aromatic N) is 2. The van der Waals surface area contributed by atoms with E-state index in [1.807, 2.05) is 6.92 Å². The molecule has 0 aliphatic rings. The summed E-state index contributed by atoms with van der Waals surface area (Å²) in [6, 6.07) is 0. The Morgan fingerprint density at radius 2 is 2.00 bits per heavy atom. The number of aromatic amines is 1. The average molecular weight is 244 g/mol. The average Bonchev–Trinajstić information content (AvgIpc) is 2.58. The van der Waals surface area contributed by atoms with E-state index >= 15 is 0 Å². The Labute approximate surface area is 103 Å². The van der Waals surface area contributed by atoms with Crippen LogP contribution in [0.5, 0.6) is 0 Å². The quantitative estimate of drug-likeness (QED) is 0.832. The Hall–Kier alpha value is -0.540. The van der Waals surface area contributed by atoms with Crippen LogP contribution in [0.1, 0.15) is 38.1 Å². The van der Waals surface area contributed by atoms with Crippen LogP contribution in [0.2, 0.25) is 5.02 Å². The fourth-order valence-electron chi connectivity index (χ4n) is 1.88. The zero-order chi connectivity index (χ0) is 12.1. The smallest absolute Gasteiger partial charge is 0.0951 e. The van der Waals surface area contributed by atoms with Gasteiger partial charge in [-0.3, -0.25) is 5.10 Å². The first-order chi connectivity index (χ1) is 7.58. The summed E-state index contributed by atoms with van der Waals surface area (Å²) in [6.45, 7) is 8.36. The van der Waals surface area contributed by atoms with E-state index in [-0.39, 0.29) is 0 Å². The lowest BCUT2D eigenvalue weighted by molar-refractivity contribution is 0.258. The predicted molar refractivity (Wildman–Crippen MR) is 68.7 cm³/mol. The van der Waals surface area contributed by atoms with Crippen LogP contribution in [0.3, 0.4) is 0 Å². The van der Waals surface area contributed by atoms with Crippen molar-refractivity contribution in [2.24, 2.45) is 5.92 Å². The third-order valence-electron chi connectivity index (χ3n) is 3.09. The summed E-state index contributed by atoms with van der Waals surface area (Å²) >= 11 is 6.14. The molecule has 0 radical (unpaired) electrons. The highest BCUT2D eigenvalue weighted by molar-refractivity contribution is 6.31. The molecule has 0 saturated carbocycles. The lowest BCUT2D eigenvalue weighted by Crippen LogP contribution is -2.25. The number of hydrogen-bond acceptors (Lipinski definition) is 2. The van der Waals surface area contributed by atoms with E-state index in [0.29, 0.717) is 0 Å². The van der Waals surface area contributed by atoms with Crippen LogP contribution in [0, 0.1) is 12.8 Å². The van der Waals surface area contributed by atoms with Crippen molar-refractivity contribution in [3.63, 3.8) is 0 Å². The van der Waals surface area contributed by atoms with Gasteiger partial charge in [-0.1, -0.05) is 38.3 Å². The highest BCUT2D eigenvalue weighted by Crippen LogP contribution is 2.19. The van der Waals surface area contributed by atoms with Crippen LogP contribution >= 0.6 is 11.6 Å². The van der Waals surface area contributed by atoms with E-state index in [1.54, 1.807) is 0 Å². The van der Waals surface area contributed by atoms with Gasteiger partial charge in [0, 0.05) is 13.1 Å². The van der Waals surface area contributed by atoms with Crippen molar-refractivity contribution < 1.29 is 0 Å². The van der Waals surface area contributed by atoms with Gasteiger partial charge in [-0.15, -0.1) is 0 Å². The van der Waals surface area contributed by atoms with Gasteiger partial charge in [-0.25, -0.2) is 0 Å². The van der Waals surface area contributed by atoms with E-state index in [4.69, 9.17) is 11.6 Å². The molecule has 1 N–H and O–H groups in total. The van der Waals surface area contributed by atoms with Crippen LogP contribution in [-0.4, -0.2) is 28.7 Å². The zero-order valence-corrected chi connectivity index (χ0v) is 11.4. The number of aromatic nitrogens is 2. The van der Waals surface area contributed by atoms with Gasteiger partial charge in [0.25, 0.3) is 0 Å². The maximum absolute atomic E-state index is 6.14. The van der Waals surface area contributed by atoms with E-state index < -0.39 is 0 Å². The summed E-state index contributed by atoms with van der Waals surface area (Å²) < 4.78 is 0. The highest BCUT2D eigenvalue weighted by atomic mass is 35.5.